The number of hydrogen-bond donors (Lipinski definition) is 4. The number of primary amides is 1. The third-order valence-corrected chi connectivity index (χ3v) is 5.20. The van der Waals surface area contributed by atoms with E-state index in [-0.39, 0.29) is 22.2 Å². The average Bonchev–Trinajstić information content (AvgIpc) is 3.10. The second kappa shape index (κ2) is 9.17. The highest BCUT2D eigenvalue weighted by Gasteiger charge is 2.25. The van der Waals surface area contributed by atoms with Crippen molar-refractivity contribution in [3.8, 4) is 28.0 Å². The van der Waals surface area contributed by atoms with Gasteiger partial charge < -0.3 is 25.9 Å². The van der Waals surface area contributed by atoms with Crippen molar-refractivity contribution in [2.45, 2.75) is 6.92 Å². The van der Waals surface area contributed by atoms with Crippen LogP contribution in [-0.2, 0) is 4.79 Å². The summed E-state index contributed by atoms with van der Waals surface area (Å²) in [5.41, 5.74) is 8.31. The van der Waals surface area contributed by atoms with Crippen molar-refractivity contribution < 1.29 is 28.6 Å². The lowest BCUT2D eigenvalue weighted by Gasteiger charge is -2.13. The van der Waals surface area contributed by atoms with Crippen LogP contribution in [0.3, 0.4) is 0 Å². The molecule has 2 amide bonds. The summed E-state index contributed by atoms with van der Waals surface area (Å²) in [6.07, 6.45) is 0. The van der Waals surface area contributed by atoms with E-state index >= 15 is 0 Å². The number of aromatic amines is 1. The molecule has 0 radical (unpaired) electrons. The Bertz CT molecular complexity index is 1320. The summed E-state index contributed by atoms with van der Waals surface area (Å²) in [6, 6.07) is 9.10. The summed E-state index contributed by atoms with van der Waals surface area (Å²) in [5.74, 6) is -3.96. The van der Waals surface area contributed by atoms with Gasteiger partial charge in [0, 0.05) is 16.8 Å². The van der Waals surface area contributed by atoms with E-state index in [2.05, 4.69) is 16.9 Å². The summed E-state index contributed by atoms with van der Waals surface area (Å²) >= 11 is 6.45. The van der Waals surface area contributed by atoms with E-state index in [0.717, 1.165) is 0 Å². The SMILES string of the molecule is C=C(F)C(=O)Nc1ccc(-c2c(Cl)[nH]c(C(N)=O)c2-c2ccc(C(=O)O)c(OC)c2)c(C)c1. The predicted octanol–water partition coefficient (Wildman–Crippen LogP) is 4.54. The molecule has 0 aliphatic carbocycles. The molecule has 5 N–H and O–H groups in total. The Labute approximate surface area is 192 Å². The third-order valence-electron chi connectivity index (χ3n) is 4.92. The van der Waals surface area contributed by atoms with Gasteiger partial charge in [0.25, 0.3) is 11.8 Å². The number of anilines is 1. The lowest BCUT2D eigenvalue weighted by molar-refractivity contribution is -0.114. The van der Waals surface area contributed by atoms with Gasteiger partial charge in [-0.3, -0.25) is 9.59 Å². The van der Waals surface area contributed by atoms with Gasteiger partial charge >= 0.3 is 5.97 Å². The smallest absolute Gasteiger partial charge is 0.339 e. The number of amides is 2. The van der Waals surface area contributed by atoms with E-state index in [9.17, 15) is 23.9 Å². The Morgan fingerprint density at radius 1 is 1.18 bits per heavy atom. The minimum absolute atomic E-state index is 0.0191. The normalized spacial score (nSPS) is 10.5. The van der Waals surface area contributed by atoms with Gasteiger partial charge in [-0.25, -0.2) is 9.18 Å². The summed E-state index contributed by atoms with van der Waals surface area (Å²) in [4.78, 5) is 38.0. The van der Waals surface area contributed by atoms with Crippen LogP contribution in [0.25, 0.3) is 22.3 Å². The number of methoxy groups -OCH3 is 1. The minimum Gasteiger partial charge on any atom is -0.496 e. The summed E-state index contributed by atoms with van der Waals surface area (Å²) in [5, 5.41) is 11.9. The molecule has 0 fully saturated rings. The van der Waals surface area contributed by atoms with E-state index in [4.69, 9.17) is 22.1 Å². The molecule has 0 saturated carbocycles. The van der Waals surface area contributed by atoms with Gasteiger partial charge in [0.1, 0.15) is 22.2 Å². The van der Waals surface area contributed by atoms with Crippen molar-refractivity contribution in [1.29, 1.82) is 0 Å². The molecule has 0 spiro atoms. The molecule has 10 heteroatoms. The first-order valence-electron chi connectivity index (χ1n) is 9.44. The number of carboxylic acid groups (broad SMARTS) is 1. The van der Waals surface area contributed by atoms with Crippen LogP contribution in [0.2, 0.25) is 5.15 Å². The van der Waals surface area contributed by atoms with Gasteiger partial charge in [-0.2, -0.15) is 0 Å². The molecule has 1 heterocycles. The number of carboxylic acids is 1. The molecule has 8 nitrogen and oxygen atoms in total. The van der Waals surface area contributed by atoms with Gasteiger partial charge in [-0.05, 0) is 47.9 Å². The molecule has 0 aliphatic rings. The van der Waals surface area contributed by atoms with Crippen LogP contribution in [0, 0.1) is 6.92 Å². The molecular formula is C23H19ClFN3O5. The Kier molecular flexibility index (Phi) is 6.55. The van der Waals surface area contributed by atoms with Crippen molar-refractivity contribution in [3.63, 3.8) is 0 Å². The second-order valence-corrected chi connectivity index (χ2v) is 7.42. The summed E-state index contributed by atoms with van der Waals surface area (Å²) < 4.78 is 18.2. The fourth-order valence-corrected chi connectivity index (χ4v) is 3.73. The Hall–Kier alpha value is -4.11. The zero-order chi connectivity index (χ0) is 24.4. The van der Waals surface area contributed by atoms with Gasteiger partial charge in [-0.15, -0.1) is 0 Å². The minimum atomic E-state index is -1.18. The molecule has 170 valence electrons. The van der Waals surface area contributed by atoms with Gasteiger partial charge in [0.15, 0.2) is 5.83 Å². The standard InChI is InChI=1S/C23H19ClFN3O5/c1-10-8-13(27-22(30)11(2)25)5-7-14(10)18-17(19(21(26)29)28-20(18)24)12-4-6-15(23(31)32)16(9-12)33-3/h4-9,28H,2H2,1,3H3,(H2,26,29)(H,27,30)(H,31,32). The fourth-order valence-electron chi connectivity index (χ4n) is 3.44. The Morgan fingerprint density at radius 2 is 1.88 bits per heavy atom. The largest absolute Gasteiger partial charge is 0.496 e. The highest BCUT2D eigenvalue weighted by atomic mass is 35.5. The monoisotopic (exact) mass is 471 g/mol. The lowest BCUT2D eigenvalue weighted by atomic mass is 9.93. The first-order chi connectivity index (χ1) is 15.5. The van der Waals surface area contributed by atoms with Crippen LogP contribution in [0.4, 0.5) is 10.1 Å². The maximum absolute atomic E-state index is 13.0. The number of benzene rings is 2. The number of nitrogens with one attached hydrogen (secondary N) is 2. The number of nitrogens with two attached hydrogens (primary N) is 1. The molecule has 3 aromatic rings. The molecule has 0 saturated heterocycles. The van der Waals surface area contributed by atoms with Crippen LogP contribution >= 0.6 is 11.6 Å². The van der Waals surface area contributed by atoms with Gasteiger partial charge in [-0.1, -0.05) is 30.3 Å². The quantitative estimate of drug-likeness (QED) is 0.375. The van der Waals surface area contributed by atoms with E-state index in [1.54, 1.807) is 19.1 Å². The molecule has 1 aromatic heterocycles. The van der Waals surface area contributed by atoms with E-state index in [0.29, 0.717) is 33.5 Å². The van der Waals surface area contributed by atoms with Crippen molar-refractivity contribution in [3.05, 3.63) is 70.8 Å². The molecule has 0 atom stereocenters. The van der Waals surface area contributed by atoms with E-state index in [1.807, 2.05) is 0 Å². The first-order valence-corrected chi connectivity index (χ1v) is 9.82. The number of carbonyl (C=O) groups excluding carboxylic acids is 2. The number of halogens is 2. The molecule has 33 heavy (non-hydrogen) atoms. The number of ether oxygens (including phenoxy) is 1. The molecule has 0 aliphatic heterocycles. The first kappa shape index (κ1) is 23.6. The van der Waals surface area contributed by atoms with Crippen molar-refractivity contribution >= 4 is 35.1 Å². The molecule has 0 unspecified atom stereocenters. The number of aromatic carboxylic acids is 1. The number of aromatic nitrogens is 1. The van der Waals surface area contributed by atoms with Crippen LogP contribution in [0.1, 0.15) is 26.4 Å². The predicted molar refractivity (Wildman–Crippen MR) is 122 cm³/mol. The molecule has 0 bridgehead atoms. The van der Waals surface area contributed by atoms with Crippen LogP contribution in [0.15, 0.2) is 48.8 Å². The fraction of sp³-hybridized carbons (Fsp3) is 0.0870. The number of rotatable bonds is 7. The summed E-state index contributed by atoms with van der Waals surface area (Å²) in [7, 11) is 1.33. The summed E-state index contributed by atoms with van der Waals surface area (Å²) in [6.45, 7) is 4.69. The second-order valence-electron chi connectivity index (χ2n) is 7.04. The van der Waals surface area contributed by atoms with Gasteiger partial charge in [0.05, 0.1) is 7.11 Å². The van der Waals surface area contributed by atoms with Crippen LogP contribution < -0.4 is 15.8 Å². The maximum atomic E-state index is 13.0. The van der Waals surface area contributed by atoms with Crippen molar-refractivity contribution in [2.24, 2.45) is 5.73 Å². The topological polar surface area (TPSA) is 135 Å². The zero-order valence-corrected chi connectivity index (χ0v) is 18.3. The van der Waals surface area contributed by atoms with Crippen molar-refractivity contribution in [1.82, 2.24) is 4.98 Å². The number of H-pyrrole nitrogens is 1. The number of aryl methyl sites for hydroxylation is 1. The highest BCUT2D eigenvalue weighted by Crippen LogP contribution is 2.43. The third kappa shape index (κ3) is 4.58. The zero-order valence-electron chi connectivity index (χ0n) is 17.6. The number of hydrogen-bond acceptors (Lipinski definition) is 4. The van der Waals surface area contributed by atoms with Crippen LogP contribution in [-0.4, -0.2) is 35.0 Å². The van der Waals surface area contributed by atoms with Crippen molar-refractivity contribution in [2.75, 3.05) is 12.4 Å². The molecule has 2 aromatic carbocycles. The Balaban J connectivity index is 2.21. The van der Waals surface area contributed by atoms with E-state index in [1.165, 1.54) is 31.4 Å². The van der Waals surface area contributed by atoms with E-state index < -0.39 is 23.6 Å². The molecular weight excluding hydrogens is 453 g/mol. The highest BCUT2D eigenvalue weighted by molar-refractivity contribution is 6.34. The Morgan fingerprint density at radius 3 is 2.42 bits per heavy atom. The lowest BCUT2D eigenvalue weighted by Crippen LogP contribution is -2.12. The maximum Gasteiger partial charge on any atom is 0.339 e. The molecule has 3 rings (SSSR count). The number of carbonyl (C=O) groups is 3. The van der Waals surface area contributed by atoms with Gasteiger partial charge in [0.2, 0.25) is 0 Å². The average molecular weight is 472 g/mol. The van der Waals surface area contributed by atoms with Crippen LogP contribution in [0.5, 0.6) is 5.75 Å².